The number of benzene rings is 1. The van der Waals surface area contributed by atoms with E-state index in [9.17, 15) is 4.79 Å². The lowest BCUT2D eigenvalue weighted by Crippen LogP contribution is -2.27. The molecule has 1 aromatic carbocycles. The minimum Gasteiger partial charge on any atom is -0.497 e. The Morgan fingerprint density at radius 3 is 2.41 bits per heavy atom. The van der Waals surface area contributed by atoms with E-state index >= 15 is 0 Å². The van der Waals surface area contributed by atoms with Gasteiger partial charge in [-0.15, -0.1) is 0 Å². The molecule has 1 aromatic heterocycles. The fraction of sp³-hybridized carbons (Fsp3) is 0.421. The molecule has 0 aliphatic carbocycles. The first-order valence-corrected chi connectivity index (χ1v) is 8.98. The van der Waals surface area contributed by atoms with Crippen LogP contribution in [0.1, 0.15) is 10.5 Å². The van der Waals surface area contributed by atoms with Crippen LogP contribution in [0.25, 0.3) is 0 Å². The third kappa shape index (κ3) is 3.66. The highest BCUT2D eigenvalue weighted by atomic mass is 16.5. The number of fused-ring (bicyclic) bond motifs is 1. The minimum absolute atomic E-state index is 0.282. The van der Waals surface area contributed by atoms with Crippen LogP contribution < -0.4 is 25.0 Å². The van der Waals surface area contributed by atoms with Crippen LogP contribution in [0.2, 0.25) is 0 Å². The largest absolute Gasteiger partial charge is 0.497 e. The molecule has 8 nitrogen and oxygen atoms in total. The summed E-state index contributed by atoms with van der Waals surface area (Å²) in [5.74, 6) is 2.92. The molecule has 0 bridgehead atoms. The van der Waals surface area contributed by atoms with E-state index in [1.165, 1.54) is 6.20 Å². The monoisotopic (exact) mass is 369 g/mol. The number of carbonyl (C=O) groups excluding carboxylic acids is 1. The lowest BCUT2D eigenvalue weighted by molar-refractivity contribution is 0.102. The highest BCUT2D eigenvalue weighted by Gasteiger charge is 2.36. The van der Waals surface area contributed by atoms with Gasteiger partial charge in [-0.05, 0) is 11.8 Å². The molecule has 0 saturated carbocycles. The Morgan fingerprint density at radius 2 is 1.78 bits per heavy atom. The minimum atomic E-state index is -0.319. The van der Waals surface area contributed by atoms with Gasteiger partial charge in [0, 0.05) is 50.1 Å². The summed E-state index contributed by atoms with van der Waals surface area (Å²) in [6, 6.07) is 5.20. The fourth-order valence-electron chi connectivity index (χ4n) is 3.73. The van der Waals surface area contributed by atoms with E-state index < -0.39 is 0 Å². The summed E-state index contributed by atoms with van der Waals surface area (Å²) in [7, 11) is 3.13. The van der Waals surface area contributed by atoms with Gasteiger partial charge in [0.05, 0.1) is 26.6 Å². The zero-order chi connectivity index (χ0) is 18.8. The van der Waals surface area contributed by atoms with Gasteiger partial charge in [-0.1, -0.05) is 0 Å². The van der Waals surface area contributed by atoms with Gasteiger partial charge in [0.1, 0.15) is 23.0 Å². The molecule has 0 spiro atoms. The Morgan fingerprint density at radius 1 is 1.11 bits per heavy atom. The van der Waals surface area contributed by atoms with E-state index in [0.29, 0.717) is 29.0 Å². The van der Waals surface area contributed by atoms with E-state index in [-0.39, 0.29) is 11.6 Å². The van der Waals surface area contributed by atoms with E-state index in [0.717, 1.165) is 32.0 Å². The first-order valence-electron chi connectivity index (χ1n) is 8.98. The molecule has 2 N–H and O–H groups in total. The summed E-state index contributed by atoms with van der Waals surface area (Å²) in [6.45, 7) is 3.99. The second-order valence-corrected chi connectivity index (χ2v) is 6.90. The standard InChI is InChI=1S/C19H23N5O3/c1-26-15-3-14(4-16(5-15)27-2)22-19(25)17-8-21-9-18(23-17)24-10-12-6-20-7-13(12)11-24/h3-5,8-9,12-13,20H,6-7,10-11H2,1-2H3,(H,22,25)/t12-,13+. The maximum Gasteiger partial charge on any atom is 0.275 e. The van der Waals surface area contributed by atoms with Crippen molar-refractivity contribution in [2.75, 3.05) is 50.6 Å². The molecule has 0 radical (unpaired) electrons. The number of aromatic nitrogens is 2. The Kier molecular flexibility index (Phi) is 4.81. The topological polar surface area (TPSA) is 88.6 Å². The van der Waals surface area contributed by atoms with Crippen LogP contribution in [-0.2, 0) is 0 Å². The summed E-state index contributed by atoms with van der Waals surface area (Å²) in [6.07, 6.45) is 3.20. The Hall–Kier alpha value is -2.87. The second-order valence-electron chi connectivity index (χ2n) is 6.90. The average molecular weight is 369 g/mol. The molecule has 1 amide bonds. The van der Waals surface area contributed by atoms with Gasteiger partial charge in [0.2, 0.25) is 0 Å². The summed E-state index contributed by atoms with van der Waals surface area (Å²) >= 11 is 0. The van der Waals surface area contributed by atoms with Gasteiger partial charge in [-0.2, -0.15) is 0 Å². The molecule has 2 saturated heterocycles. The first kappa shape index (κ1) is 17.5. The van der Waals surface area contributed by atoms with Crippen LogP contribution in [0, 0.1) is 11.8 Å². The van der Waals surface area contributed by atoms with Gasteiger partial charge in [0.25, 0.3) is 5.91 Å². The molecule has 27 heavy (non-hydrogen) atoms. The van der Waals surface area contributed by atoms with Crippen molar-refractivity contribution < 1.29 is 14.3 Å². The second kappa shape index (κ2) is 7.40. The van der Waals surface area contributed by atoms with Crippen molar-refractivity contribution in [3.05, 3.63) is 36.3 Å². The number of amides is 1. The Bertz CT molecular complexity index is 810. The maximum atomic E-state index is 12.7. The van der Waals surface area contributed by atoms with Crippen molar-refractivity contribution >= 4 is 17.4 Å². The van der Waals surface area contributed by atoms with Gasteiger partial charge >= 0.3 is 0 Å². The highest BCUT2D eigenvalue weighted by Crippen LogP contribution is 2.29. The normalized spacial score (nSPS) is 21.0. The smallest absolute Gasteiger partial charge is 0.275 e. The summed E-state index contributed by atoms with van der Waals surface area (Å²) < 4.78 is 10.5. The Labute approximate surface area is 157 Å². The summed E-state index contributed by atoms with van der Waals surface area (Å²) in [5.41, 5.74) is 0.856. The third-order valence-corrected chi connectivity index (χ3v) is 5.18. The summed E-state index contributed by atoms with van der Waals surface area (Å²) in [5, 5.41) is 6.26. The number of nitrogens with one attached hydrogen (secondary N) is 2. The van der Waals surface area contributed by atoms with E-state index in [1.807, 2.05) is 0 Å². The van der Waals surface area contributed by atoms with Crippen molar-refractivity contribution in [3.63, 3.8) is 0 Å². The number of nitrogens with zero attached hydrogens (tertiary/aromatic N) is 3. The number of hydrogen-bond donors (Lipinski definition) is 2. The lowest BCUT2D eigenvalue weighted by atomic mass is 10.0. The van der Waals surface area contributed by atoms with Gasteiger partial charge in [-0.3, -0.25) is 9.78 Å². The number of carbonyl (C=O) groups is 1. The van der Waals surface area contributed by atoms with Crippen LogP contribution in [-0.4, -0.2) is 56.3 Å². The molecule has 0 unspecified atom stereocenters. The number of anilines is 2. The molecular weight excluding hydrogens is 346 g/mol. The number of rotatable bonds is 5. The van der Waals surface area contributed by atoms with Crippen molar-refractivity contribution in [1.29, 1.82) is 0 Å². The first-order chi connectivity index (χ1) is 13.2. The highest BCUT2D eigenvalue weighted by molar-refractivity contribution is 6.03. The van der Waals surface area contributed by atoms with Crippen LogP contribution in [0.5, 0.6) is 11.5 Å². The maximum absolute atomic E-state index is 12.7. The van der Waals surface area contributed by atoms with E-state index in [4.69, 9.17) is 9.47 Å². The lowest BCUT2D eigenvalue weighted by Gasteiger charge is -2.18. The molecular formula is C19H23N5O3. The SMILES string of the molecule is COc1cc(NC(=O)c2cncc(N3C[C@H]4CNC[C@H]4C3)n2)cc(OC)c1. The van der Waals surface area contributed by atoms with Gasteiger partial charge in [-0.25, -0.2) is 4.98 Å². The quantitative estimate of drug-likeness (QED) is 0.824. The van der Waals surface area contributed by atoms with E-state index in [2.05, 4.69) is 25.5 Å². The van der Waals surface area contributed by atoms with Crippen molar-refractivity contribution in [1.82, 2.24) is 15.3 Å². The van der Waals surface area contributed by atoms with Crippen molar-refractivity contribution in [2.24, 2.45) is 11.8 Å². The van der Waals surface area contributed by atoms with Crippen molar-refractivity contribution in [2.45, 2.75) is 0 Å². The molecule has 3 heterocycles. The number of methoxy groups -OCH3 is 2. The average Bonchev–Trinajstić information content (AvgIpc) is 3.30. The van der Waals surface area contributed by atoms with Crippen LogP contribution in [0.4, 0.5) is 11.5 Å². The molecule has 2 atom stereocenters. The number of ether oxygens (including phenoxy) is 2. The zero-order valence-corrected chi connectivity index (χ0v) is 15.4. The molecule has 2 aliphatic rings. The van der Waals surface area contributed by atoms with E-state index in [1.54, 1.807) is 38.6 Å². The molecule has 2 fully saturated rings. The molecule has 8 heteroatoms. The number of hydrogen-bond acceptors (Lipinski definition) is 7. The van der Waals surface area contributed by atoms with Gasteiger partial charge < -0.3 is 25.0 Å². The predicted molar refractivity (Wildman–Crippen MR) is 102 cm³/mol. The molecule has 142 valence electrons. The Balaban J connectivity index is 1.50. The zero-order valence-electron chi connectivity index (χ0n) is 15.4. The van der Waals surface area contributed by atoms with Gasteiger partial charge in [0.15, 0.2) is 0 Å². The molecule has 2 aromatic rings. The summed E-state index contributed by atoms with van der Waals surface area (Å²) in [4.78, 5) is 23.6. The predicted octanol–water partition coefficient (Wildman–Crippen LogP) is 1.40. The molecule has 2 aliphatic heterocycles. The molecule has 4 rings (SSSR count). The third-order valence-electron chi connectivity index (χ3n) is 5.18. The van der Waals surface area contributed by atoms with Crippen LogP contribution in [0.15, 0.2) is 30.6 Å². The van der Waals surface area contributed by atoms with Crippen LogP contribution in [0.3, 0.4) is 0 Å². The van der Waals surface area contributed by atoms with Crippen LogP contribution >= 0.6 is 0 Å². The van der Waals surface area contributed by atoms with Crippen molar-refractivity contribution in [3.8, 4) is 11.5 Å². The fourth-order valence-corrected chi connectivity index (χ4v) is 3.73.